The maximum atomic E-state index is 10.7. The third-order valence-electron chi connectivity index (χ3n) is 2.35. The van der Waals surface area contributed by atoms with Crippen molar-refractivity contribution in [2.45, 2.75) is 13.5 Å². The van der Waals surface area contributed by atoms with Gasteiger partial charge in [0.1, 0.15) is 18.6 Å². The van der Waals surface area contributed by atoms with E-state index in [4.69, 9.17) is 4.74 Å². The van der Waals surface area contributed by atoms with E-state index in [1.165, 1.54) is 0 Å². The minimum atomic E-state index is 0.689. The molecule has 1 aromatic rings. The Morgan fingerprint density at radius 3 is 3.14 bits per heavy atom. The van der Waals surface area contributed by atoms with E-state index in [0.717, 1.165) is 36.3 Å². The van der Waals surface area contributed by atoms with Gasteiger partial charge in [-0.15, -0.1) is 0 Å². The lowest BCUT2D eigenvalue weighted by atomic mass is 10.1. The van der Waals surface area contributed by atoms with E-state index in [1.807, 2.05) is 19.1 Å². The topological polar surface area (TPSA) is 38.3 Å². The number of hydrogen-bond acceptors (Lipinski definition) is 3. The standard InChI is InChI=1S/C11H13NO2/c1-8-4-9(7-13)5-10-6-12-2-3-14-11(8)10/h4-5,7,12H,2-3,6H2,1H3. The number of carbonyl (C=O) groups is 1. The van der Waals surface area contributed by atoms with Crippen LogP contribution in [0, 0.1) is 6.92 Å². The van der Waals surface area contributed by atoms with Crippen LogP contribution in [0.2, 0.25) is 0 Å². The molecule has 2 rings (SSSR count). The molecule has 0 saturated carbocycles. The first-order valence-corrected chi connectivity index (χ1v) is 4.73. The fourth-order valence-electron chi connectivity index (χ4n) is 1.73. The summed E-state index contributed by atoms with van der Waals surface area (Å²) in [6, 6.07) is 3.74. The molecule has 0 unspecified atom stereocenters. The molecule has 1 aliphatic rings. The Morgan fingerprint density at radius 1 is 1.50 bits per heavy atom. The molecule has 0 aromatic heterocycles. The first-order chi connectivity index (χ1) is 6.81. The molecule has 0 atom stereocenters. The van der Waals surface area contributed by atoms with E-state index in [2.05, 4.69) is 5.32 Å². The maximum Gasteiger partial charge on any atom is 0.150 e. The highest BCUT2D eigenvalue weighted by Gasteiger charge is 2.11. The second-order valence-electron chi connectivity index (χ2n) is 3.47. The number of rotatable bonds is 1. The average molecular weight is 191 g/mol. The number of fused-ring (bicyclic) bond motifs is 1. The van der Waals surface area contributed by atoms with Gasteiger partial charge in [-0.05, 0) is 24.6 Å². The molecule has 1 aromatic carbocycles. The smallest absolute Gasteiger partial charge is 0.150 e. The largest absolute Gasteiger partial charge is 0.492 e. The summed E-state index contributed by atoms with van der Waals surface area (Å²) in [7, 11) is 0. The molecular weight excluding hydrogens is 178 g/mol. The van der Waals surface area contributed by atoms with Crippen LogP contribution in [0.15, 0.2) is 12.1 Å². The van der Waals surface area contributed by atoms with Crippen LogP contribution in [0.25, 0.3) is 0 Å². The van der Waals surface area contributed by atoms with Crippen LogP contribution < -0.4 is 10.1 Å². The number of aryl methyl sites for hydroxylation is 1. The molecule has 74 valence electrons. The van der Waals surface area contributed by atoms with Crippen molar-refractivity contribution in [1.29, 1.82) is 0 Å². The zero-order chi connectivity index (χ0) is 9.97. The van der Waals surface area contributed by atoms with Crippen LogP contribution in [0.5, 0.6) is 5.75 Å². The van der Waals surface area contributed by atoms with Gasteiger partial charge in [0.15, 0.2) is 0 Å². The summed E-state index contributed by atoms with van der Waals surface area (Å²) in [5, 5.41) is 3.24. The van der Waals surface area contributed by atoms with Crippen molar-refractivity contribution in [3.8, 4) is 5.75 Å². The van der Waals surface area contributed by atoms with Gasteiger partial charge in [0.25, 0.3) is 0 Å². The molecule has 0 amide bonds. The summed E-state index contributed by atoms with van der Waals surface area (Å²) in [4.78, 5) is 10.7. The first kappa shape index (κ1) is 9.21. The molecule has 0 bridgehead atoms. The van der Waals surface area contributed by atoms with E-state index in [-0.39, 0.29) is 0 Å². The zero-order valence-corrected chi connectivity index (χ0v) is 8.17. The van der Waals surface area contributed by atoms with E-state index in [9.17, 15) is 4.79 Å². The number of aldehydes is 1. The molecule has 0 aliphatic carbocycles. The Balaban J connectivity index is 2.48. The second kappa shape index (κ2) is 3.80. The minimum absolute atomic E-state index is 0.689. The predicted molar refractivity (Wildman–Crippen MR) is 53.8 cm³/mol. The summed E-state index contributed by atoms with van der Waals surface area (Å²) < 4.78 is 5.60. The van der Waals surface area contributed by atoms with E-state index >= 15 is 0 Å². The van der Waals surface area contributed by atoms with Crippen molar-refractivity contribution in [3.05, 3.63) is 28.8 Å². The summed E-state index contributed by atoms with van der Waals surface area (Å²) in [5.41, 5.74) is 2.83. The van der Waals surface area contributed by atoms with Crippen LogP contribution in [-0.4, -0.2) is 19.4 Å². The lowest BCUT2D eigenvalue weighted by Gasteiger charge is -2.10. The van der Waals surface area contributed by atoms with Crippen LogP contribution in [0.4, 0.5) is 0 Å². The highest BCUT2D eigenvalue weighted by Crippen LogP contribution is 2.26. The van der Waals surface area contributed by atoms with Crippen molar-refractivity contribution in [3.63, 3.8) is 0 Å². The van der Waals surface area contributed by atoms with Gasteiger partial charge in [0.2, 0.25) is 0 Å². The number of ether oxygens (including phenoxy) is 1. The molecule has 0 saturated heterocycles. The van der Waals surface area contributed by atoms with Crippen LogP contribution >= 0.6 is 0 Å². The maximum absolute atomic E-state index is 10.7. The van der Waals surface area contributed by atoms with Gasteiger partial charge < -0.3 is 10.1 Å². The third-order valence-corrected chi connectivity index (χ3v) is 2.35. The van der Waals surface area contributed by atoms with Gasteiger partial charge in [0.05, 0.1) is 0 Å². The molecule has 3 heteroatoms. The van der Waals surface area contributed by atoms with Crippen LogP contribution in [0.1, 0.15) is 21.5 Å². The molecule has 1 heterocycles. The Kier molecular flexibility index (Phi) is 2.50. The Labute approximate surface area is 83.1 Å². The van der Waals surface area contributed by atoms with Gasteiger partial charge in [-0.25, -0.2) is 0 Å². The van der Waals surface area contributed by atoms with Gasteiger partial charge >= 0.3 is 0 Å². The van der Waals surface area contributed by atoms with Crippen molar-refractivity contribution in [2.75, 3.05) is 13.2 Å². The van der Waals surface area contributed by atoms with Crippen LogP contribution in [-0.2, 0) is 6.54 Å². The Hall–Kier alpha value is -1.35. The SMILES string of the molecule is Cc1cc(C=O)cc2c1OCCNC2. The molecule has 1 N–H and O–H groups in total. The normalized spacial score (nSPS) is 15.2. The third kappa shape index (κ3) is 1.63. The van der Waals surface area contributed by atoms with E-state index in [1.54, 1.807) is 0 Å². The van der Waals surface area contributed by atoms with Gasteiger partial charge in [0, 0.05) is 24.2 Å². The van der Waals surface area contributed by atoms with Crippen molar-refractivity contribution < 1.29 is 9.53 Å². The Morgan fingerprint density at radius 2 is 2.36 bits per heavy atom. The summed E-state index contributed by atoms with van der Waals surface area (Å²) in [5.74, 6) is 0.931. The summed E-state index contributed by atoms with van der Waals surface area (Å²) in [6.45, 7) is 4.29. The van der Waals surface area contributed by atoms with E-state index < -0.39 is 0 Å². The molecule has 1 aliphatic heterocycles. The average Bonchev–Trinajstić information content (AvgIpc) is 2.42. The molecular formula is C11H13NO2. The molecule has 0 spiro atoms. The number of benzene rings is 1. The highest BCUT2D eigenvalue weighted by atomic mass is 16.5. The van der Waals surface area contributed by atoms with Crippen molar-refractivity contribution in [1.82, 2.24) is 5.32 Å². The lowest BCUT2D eigenvalue weighted by Crippen LogP contribution is -2.16. The first-order valence-electron chi connectivity index (χ1n) is 4.73. The summed E-state index contributed by atoms with van der Waals surface area (Å²) in [6.07, 6.45) is 0.873. The van der Waals surface area contributed by atoms with Crippen molar-refractivity contribution >= 4 is 6.29 Å². The van der Waals surface area contributed by atoms with Gasteiger partial charge in [-0.2, -0.15) is 0 Å². The summed E-state index contributed by atoms with van der Waals surface area (Å²) >= 11 is 0. The number of nitrogens with one attached hydrogen (secondary N) is 1. The minimum Gasteiger partial charge on any atom is -0.492 e. The monoisotopic (exact) mass is 191 g/mol. The molecule has 14 heavy (non-hydrogen) atoms. The zero-order valence-electron chi connectivity index (χ0n) is 8.17. The van der Waals surface area contributed by atoms with Crippen molar-refractivity contribution in [2.24, 2.45) is 0 Å². The molecule has 3 nitrogen and oxygen atoms in total. The van der Waals surface area contributed by atoms with E-state index in [0.29, 0.717) is 12.2 Å². The van der Waals surface area contributed by atoms with Crippen LogP contribution in [0.3, 0.4) is 0 Å². The predicted octanol–water partition coefficient (Wildman–Crippen LogP) is 1.29. The number of hydrogen-bond donors (Lipinski definition) is 1. The fourth-order valence-corrected chi connectivity index (χ4v) is 1.73. The van der Waals surface area contributed by atoms with Gasteiger partial charge in [-0.3, -0.25) is 4.79 Å². The number of carbonyl (C=O) groups excluding carboxylic acids is 1. The second-order valence-corrected chi connectivity index (χ2v) is 3.47. The highest BCUT2D eigenvalue weighted by molar-refractivity contribution is 5.76. The molecule has 0 fully saturated rings. The van der Waals surface area contributed by atoms with Gasteiger partial charge in [-0.1, -0.05) is 0 Å². The molecule has 0 radical (unpaired) electrons. The lowest BCUT2D eigenvalue weighted by molar-refractivity contribution is 0.112. The fraction of sp³-hybridized carbons (Fsp3) is 0.364. The quantitative estimate of drug-likeness (QED) is 0.680. The Bertz CT molecular complexity index is 361.